The van der Waals surface area contributed by atoms with Crippen molar-refractivity contribution >= 4 is 22.1 Å². The number of nitrogens with zero attached hydrogens (tertiary/aromatic N) is 1. The van der Waals surface area contributed by atoms with Gasteiger partial charge in [0.15, 0.2) is 5.73 Å². The van der Waals surface area contributed by atoms with Crippen LogP contribution in [0, 0.1) is 0 Å². The van der Waals surface area contributed by atoms with Gasteiger partial charge in [-0.25, -0.2) is 4.79 Å². The molecule has 2 heterocycles. The van der Waals surface area contributed by atoms with Crippen molar-refractivity contribution in [1.29, 1.82) is 0 Å². The van der Waals surface area contributed by atoms with Crippen LogP contribution in [0.3, 0.4) is 0 Å². The summed E-state index contributed by atoms with van der Waals surface area (Å²) < 4.78 is 9.85. The maximum Gasteiger partial charge on any atom is 0.333 e. The predicted molar refractivity (Wildman–Crippen MR) is 41.7 cm³/mol. The monoisotopic (exact) mass is 180 g/mol. The molecule has 0 aromatic heterocycles. The van der Waals surface area contributed by atoms with Crippen LogP contribution < -0.4 is 0 Å². The Hall–Kier alpha value is -1.10. The van der Waals surface area contributed by atoms with Gasteiger partial charge in [0.05, 0.1) is 10.2 Å². The van der Waals surface area contributed by atoms with Gasteiger partial charge in [0, 0.05) is 5.57 Å². The molecule has 12 heavy (non-hydrogen) atoms. The molecule has 2 aliphatic rings. The summed E-state index contributed by atoms with van der Waals surface area (Å²) in [4.78, 5) is 14.9. The molecule has 0 aromatic carbocycles. The summed E-state index contributed by atoms with van der Waals surface area (Å²) in [5, 5.41) is 0. The standard InChI is InChI=1S/C7H6NO3Si/c1-3(2)4(9)10-6(12)7-5(8-7)11-7/h6H,1H2,2H3. The number of hydrogen-bond donors (Lipinski definition) is 0. The molecular formula is C7H6NO3Si. The summed E-state index contributed by atoms with van der Waals surface area (Å²) in [5.41, 5.74) is -0.795. The van der Waals surface area contributed by atoms with E-state index in [2.05, 4.69) is 21.8 Å². The van der Waals surface area contributed by atoms with Gasteiger partial charge in [-0.3, -0.25) is 0 Å². The third-order valence-electron chi connectivity index (χ3n) is 1.66. The van der Waals surface area contributed by atoms with E-state index in [1.54, 1.807) is 6.92 Å². The van der Waals surface area contributed by atoms with Gasteiger partial charge in [0.25, 0.3) is 5.90 Å². The molecule has 2 rings (SSSR count). The molecule has 0 spiro atoms. The lowest BCUT2D eigenvalue weighted by atomic mass is 10.3. The van der Waals surface area contributed by atoms with Crippen LogP contribution in [-0.4, -0.2) is 33.6 Å². The summed E-state index contributed by atoms with van der Waals surface area (Å²) >= 11 is 0. The van der Waals surface area contributed by atoms with Crippen molar-refractivity contribution in [2.75, 3.05) is 0 Å². The molecule has 2 unspecified atom stereocenters. The lowest BCUT2D eigenvalue weighted by molar-refractivity contribution is -0.142. The third-order valence-corrected chi connectivity index (χ3v) is 2.17. The topological polar surface area (TPSA) is 51.2 Å². The molecule has 0 aromatic rings. The molecule has 0 N–H and O–H groups in total. The van der Waals surface area contributed by atoms with Crippen molar-refractivity contribution in [2.45, 2.75) is 18.4 Å². The Morgan fingerprint density at radius 2 is 2.42 bits per heavy atom. The second-order valence-electron chi connectivity index (χ2n) is 2.78. The Kier molecular flexibility index (Phi) is 1.24. The molecule has 1 fully saturated rings. The fourth-order valence-electron chi connectivity index (χ4n) is 0.763. The molecule has 0 bridgehead atoms. The second-order valence-corrected chi connectivity index (χ2v) is 3.31. The molecule has 0 aliphatic carbocycles. The predicted octanol–water partition coefficient (Wildman–Crippen LogP) is -0.261. The largest absolute Gasteiger partial charge is 0.457 e. The molecule has 5 heteroatoms. The van der Waals surface area contributed by atoms with E-state index in [0.29, 0.717) is 11.5 Å². The molecule has 3 radical (unpaired) electrons. The Balaban J connectivity index is 1.87. The van der Waals surface area contributed by atoms with E-state index in [1.165, 1.54) is 0 Å². The van der Waals surface area contributed by atoms with Crippen LogP contribution in [-0.2, 0) is 14.3 Å². The smallest absolute Gasteiger partial charge is 0.333 e. The average molecular weight is 180 g/mol. The van der Waals surface area contributed by atoms with E-state index < -0.39 is 17.4 Å². The van der Waals surface area contributed by atoms with Crippen LogP contribution in [0.1, 0.15) is 6.92 Å². The third kappa shape index (κ3) is 0.895. The Morgan fingerprint density at radius 3 is 2.75 bits per heavy atom. The summed E-state index contributed by atoms with van der Waals surface area (Å²) in [7, 11) is 3.20. The van der Waals surface area contributed by atoms with E-state index in [-0.39, 0.29) is 0 Å². The van der Waals surface area contributed by atoms with Crippen molar-refractivity contribution in [2.24, 2.45) is 4.99 Å². The van der Waals surface area contributed by atoms with Gasteiger partial charge in [0.2, 0.25) is 0 Å². The van der Waals surface area contributed by atoms with Gasteiger partial charge < -0.3 is 9.47 Å². The fraction of sp³-hybridized carbons (Fsp3) is 0.429. The van der Waals surface area contributed by atoms with Crippen LogP contribution in [0.5, 0.6) is 0 Å². The molecule has 61 valence electrons. The quantitative estimate of drug-likeness (QED) is 0.260. The summed E-state index contributed by atoms with van der Waals surface area (Å²) in [6.07, 6.45) is 0. The summed E-state index contributed by atoms with van der Waals surface area (Å²) in [6, 6.07) is 0. The first-order valence-corrected chi connectivity index (χ1v) is 4.01. The first-order chi connectivity index (χ1) is 5.56. The van der Waals surface area contributed by atoms with Crippen molar-refractivity contribution < 1.29 is 14.3 Å². The fourth-order valence-corrected chi connectivity index (χ4v) is 1.12. The number of hydrogen-bond acceptors (Lipinski definition) is 4. The SMILES string of the molecule is C=C(C)C(=O)OC([Si])C12N=C1O2. The zero-order valence-electron chi connectivity index (χ0n) is 6.46. The van der Waals surface area contributed by atoms with Crippen molar-refractivity contribution in [3.05, 3.63) is 12.2 Å². The Bertz CT molecular complexity index is 312. The van der Waals surface area contributed by atoms with Crippen LogP contribution in [0.15, 0.2) is 17.1 Å². The van der Waals surface area contributed by atoms with E-state index in [1.807, 2.05) is 0 Å². The molecule has 1 saturated heterocycles. The number of ether oxygens (including phenoxy) is 2. The van der Waals surface area contributed by atoms with Crippen LogP contribution in [0.2, 0.25) is 0 Å². The first kappa shape index (κ1) is 7.54. The highest BCUT2D eigenvalue weighted by atomic mass is 28.1. The Labute approximate surface area is 72.7 Å². The summed E-state index contributed by atoms with van der Waals surface area (Å²) in [6.45, 7) is 5.03. The minimum atomic E-state index is -0.637. The maximum absolute atomic E-state index is 11.0. The molecule has 2 atom stereocenters. The number of fused-ring (bicyclic) bond motifs is 1. The van der Waals surface area contributed by atoms with Crippen molar-refractivity contribution in [3.8, 4) is 0 Å². The zero-order valence-corrected chi connectivity index (χ0v) is 7.46. The van der Waals surface area contributed by atoms with E-state index in [4.69, 9.17) is 9.47 Å². The first-order valence-electron chi connectivity index (χ1n) is 3.43. The van der Waals surface area contributed by atoms with Crippen LogP contribution in [0.4, 0.5) is 0 Å². The number of epoxide rings is 1. The number of esters is 1. The van der Waals surface area contributed by atoms with Crippen molar-refractivity contribution in [3.63, 3.8) is 0 Å². The van der Waals surface area contributed by atoms with Gasteiger partial charge in [-0.15, -0.1) is 0 Å². The van der Waals surface area contributed by atoms with Crippen LogP contribution in [0.25, 0.3) is 0 Å². The van der Waals surface area contributed by atoms with Gasteiger partial charge in [-0.05, 0) is 6.92 Å². The molecule has 0 amide bonds. The minimum Gasteiger partial charge on any atom is -0.457 e. The lowest BCUT2D eigenvalue weighted by Crippen LogP contribution is -2.29. The van der Waals surface area contributed by atoms with E-state index in [0.717, 1.165) is 0 Å². The molecule has 0 saturated carbocycles. The Morgan fingerprint density at radius 1 is 1.92 bits per heavy atom. The average Bonchev–Trinajstić information content (AvgIpc) is 2.70. The number of carbonyl (C=O) groups is 1. The lowest BCUT2D eigenvalue weighted by Gasteiger charge is -2.11. The normalized spacial score (nSPS) is 30.7. The van der Waals surface area contributed by atoms with Crippen LogP contribution >= 0.6 is 0 Å². The highest BCUT2D eigenvalue weighted by Gasteiger charge is 2.74. The summed E-state index contributed by atoms with van der Waals surface area (Å²) in [5.74, 6) is 0.207. The maximum atomic E-state index is 11.0. The zero-order chi connectivity index (χ0) is 8.93. The minimum absolute atomic E-state index is 0.359. The highest BCUT2D eigenvalue weighted by molar-refractivity contribution is 6.23. The number of carbonyl (C=O) groups excluding carboxylic acids is 1. The number of rotatable bonds is 3. The molecule has 2 aliphatic heterocycles. The van der Waals surface area contributed by atoms with Gasteiger partial charge >= 0.3 is 11.7 Å². The van der Waals surface area contributed by atoms with Gasteiger partial charge in [0.1, 0.15) is 0 Å². The number of aliphatic imine (C=N–C) groups is 1. The second kappa shape index (κ2) is 1.98. The van der Waals surface area contributed by atoms with E-state index in [9.17, 15) is 4.79 Å². The molecule has 4 nitrogen and oxygen atoms in total. The van der Waals surface area contributed by atoms with Gasteiger partial charge in [-0.1, -0.05) is 6.58 Å². The molecular weight excluding hydrogens is 174 g/mol. The van der Waals surface area contributed by atoms with E-state index >= 15 is 0 Å². The van der Waals surface area contributed by atoms with Crippen molar-refractivity contribution in [1.82, 2.24) is 0 Å². The van der Waals surface area contributed by atoms with Gasteiger partial charge in [-0.2, -0.15) is 4.99 Å². The highest BCUT2D eigenvalue weighted by Crippen LogP contribution is 2.49.